The van der Waals surface area contributed by atoms with Gasteiger partial charge in [0.1, 0.15) is 0 Å². The highest BCUT2D eigenvalue weighted by Crippen LogP contribution is 2.64. The summed E-state index contributed by atoms with van der Waals surface area (Å²) in [4.78, 5) is 16.6. The Morgan fingerprint density at radius 2 is 1.34 bits per heavy atom. The second-order valence-electron chi connectivity index (χ2n) is 22.2. The lowest BCUT2D eigenvalue weighted by Gasteiger charge is -2.62. The molecule has 5 heterocycles. The van der Waals surface area contributed by atoms with Crippen molar-refractivity contribution >= 4 is 28.5 Å². The van der Waals surface area contributed by atoms with Crippen LogP contribution in [0.1, 0.15) is 208 Å². The molecule has 3 aliphatic carbocycles. The molecule has 5 aliphatic heterocycles. The summed E-state index contributed by atoms with van der Waals surface area (Å²) in [7, 11) is 0. The van der Waals surface area contributed by atoms with Gasteiger partial charge in [0.05, 0.1) is 17.3 Å². The van der Waals surface area contributed by atoms with Gasteiger partial charge in [-0.05, 0) is 173 Å². The van der Waals surface area contributed by atoms with E-state index >= 15 is 0 Å². The molecule has 10 atom stereocenters. The number of hydrogen-bond donors (Lipinski definition) is 1. The molecular weight excluding hydrogens is 753 g/mol. The van der Waals surface area contributed by atoms with Crippen LogP contribution in [0.15, 0.2) is 86.3 Å². The van der Waals surface area contributed by atoms with Gasteiger partial charge in [0.2, 0.25) is 0 Å². The van der Waals surface area contributed by atoms with Gasteiger partial charge < -0.3 is 5.32 Å². The molecule has 0 radical (unpaired) electrons. The van der Waals surface area contributed by atoms with Crippen LogP contribution in [-0.4, -0.2) is 34.3 Å². The highest BCUT2D eigenvalue weighted by atomic mass is 15.0. The number of aliphatic imine (C=N–C) groups is 3. The minimum Gasteiger partial charge on any atom is -0.379 e. The van der Waals surface area contributed by atoms with Crippen molar-refractivity contribution in [1.29, 1.82) is 0 Å². The number of anilines is 1. The molecule has 62 heavy (non-hydrogen) atoms. The van der Waals surface area contributed by atoms with Crippen LogP contribution in [0, 0.1) is 38.9 Å². The quantitative estimate of drug-likeness (QED) is 0.273. The van der Waals surface area contributed by atoms with E-state index in [9.17, 15) is 0 Å². The third kappa shape index (κ3) is 8.74. The van der Waals surface area contributed by atoms with E-state index < -0.39 is 0 Å². The third-order valence-corrected chi connectivity index (χ3v) is 20.0. The van der Waals surface area contributed by atoms with E-state index in [2.05, 4.69) is 178 Å². The van der Waals surface area contributed by atoms with Crippen molar-refractivity contribution in [2.45, 2.75) is 225 Å². The molecule has 0 saturated carbocycles. The number of nitrogens with one attached hydrogen (secondary N) is 1. The van der Waals surface area contributed by atoms with Crippen LogP contribution in [0.3, 0.4) is 0 Å². The molecule has 8 aliphatic rings. The summed E-state index contributed by atoms with van der Waals surface area (Å²) in [6.45, 7) is 42.1. The minimum atomic E-state index is -0.241. The molecule has 0 spiro atoms. The average molecular weight is 845 g/mol. The van der Waals surface area contributed by atoms with Crippen LogP contribution in [0.4, 0.5) is 11.4 Å². The molecule has 8 bridgehead atoms. The fraction of sp³-hybridized carbons (Fsp3) is 0.707. The van der Waals surface area contributed by atoms with Crippen LogP contribution < -0.4 is 5.32 Å². The predicted octanol–water partition coefficient (Wildman–Crippen LogP) is 17.3. The van der Waals surface area contributed by atoms with E-state index in [4.69, 9.17) is 15.0 Å². The SMILES string of the molecule is CCC1(C)CC(C)C2=C(C)CC(C)C(=Nc3ccc(cc3)NC(C)(CC)C(C)(CC)C(C)(CC)C(C)(CC)N=C3C=CC(CC3)N=C3CC=C(CC3)C(C)(CC)C1(C)CC)C=C2. The Bertz CT molecular complexity index is 1960. The Balaban J connectivity index is 1.65. The number of nitrogens with zero attached hydrogens (tertiary/aromatic N) is 3. The van der Waals surface area contributed by atoms with Gasteiger partial charge in [0.15, 0.2) is 0 Å². The predicted molar refractivity (Wildman–Crippen MR) is 275 cm³/mol. The second-order valence-corrected chi connectivity index (χ2v) is 22.2. The van der Waals surface area contributed by atoms with Gasteiger partial charge >= 0.3 is 0 Å². The van der Waals surface area contributed by atoms with Crippen molar-refractivity contribution in [1.82, 2.24) is 0 Å². The molecule has 0 aromatic heterocycles. The maximum Gasteiger partial charge on any atom is 0.0686 e. The van der Waals surface area contributed by atoms with E-state index in [1.807, 2.05) is 0 Å². The Morgan fingerprint density at radius 3 is 1.85 bits per heavy atom. The maximum absolute atomic E-state index is 5.80. The molecule has 0 saturated heterocycles. The summed E-state index contributed by atoms with van der Waals surface area (Å²) in [5.41, 5.74) is 10.5. The molecule has 9 rings (SSSR count). The number of allylic oxidation sites excluding steroid dienone is 7. The first kappa shape index (κ1) is 50.0. The van der Waals surface area contributed by atoms with E-state index in [1.165, 1.54) is 47.5 Å². The average Bonchev–Trinajstić information content (AvgIpc) is 3.41. The van der Waals surface area contributed by atoms with Crippen molar-refractivity contribution in [3.05, 3.63) is 71.4 Å². The van der Waals surface area contributed by atoms with Crippen molar-refractivity contribution in [2.75, 3.05) is 5.32 Å². The standard InChI is InChI=1S/C58H92N4/c1-18-52(11)40-43(10)50-37-38-51(42(9)39-41(50)8)60-47-31-35-49(36-32-47)62-58(17,24-7)56(15,22-5)55(14,21-4)57(16,23-6)61-48-33-29-46(30-34-48)59-45-27-25-44(26-28-45)53(12,19-2)54(52,13)20-3/h25,29,31-33,35-38,42-43,46,62H,18-24,26-28,30,34,39-40H2,1-17H3. The van der Waals surface area contributed by atoms with Crippen LogP contribution in [0.25, 0.3) is 0 Å². The zero-order valence-electron chi connectivity index (χ0n) is 43.2. The number of fused-ring (bicyclic) bond motifs is 1. The summed E-state index contributed by atoms with van der Waals surface area (Å²) in [5.74, 6) is 0.806. The Morgan fingerprint density at radius 1 is 0.677 bits per heavy atom. The summed E-state index contributed by atoms with van der Waals surface area (Å²) in [6.07, 6.45) is 27.2. The fourth-order valence-corrected chi connectivity index (χ4v) is 13.7. The Hall–Kier alpha value is -3.01. The molecular formula is C58H92N4. The maximum atomic E-state index is 5.80. The summed E-state index contributed by atoms with van der Waals surface area (Å²) < 4.78 is 0. The Kier molecular flexibility index (Phi) is 15.5. The first-order valence-electron chi connectivity index (χ1n) is 25.5. The topological polar surface area (TPSA) is 49.1 Å². The lowest BCUT2D eigenvalue weighted by molar-refractivity contribution is -0.0597. The molecule has 4 heteroatoms. The van der Waals surface area contributed by atoms with Crippen LogP contribution in [-0.2, 0) is 0 Å². The number of benzene rings is 1. The van der Waals surface area contributed by atoms with Gasteiger partial charge in [-0.3, -0.25) is 15.0 Å². The summed E-state index contributed by atoms with van der Waals surface area (Å²) in [5, 5.41) is 4.15. The van der Waals surface area contributed by atoms with E-state index in [0.29, 0.717) is 11.8 Å². The molecule has 1 aromatic rings. The lowest BCUT2D eigenvalue weighted by Crippen LogP contribution is -2.63. The zero-order valence-corrected chi connectivity index (χ0v) is 43.2. The molecule has 4 nitrogen and oxygen atoms in total. The monoisotopic (exact) mass is 845 g/mol. The third-order valence-electron chi connectivity index (χ3n) is 20.0. The molecule has 10 unspecified atom stereocenters. The van der Waals surface area contributed by atoms with Gasteiger partial charge in [0, 0.05) is 40.7 Å². The summed E-state index contributed by atoms with van der Waals surface area (Å²) >= 11 is 0. The molecule has 0 amide bonds. The molecule has 1 aromatic carbocycles. The minimum absolute atomic E-state index is 0.0732. The van der Waals surface area contributed by atoms with Crippen LogP contribution in [0.5, 0.6) is 0 Å². The molecule has 1 N–H and O–H groups in total. The van der Waals surface area contributed by atoms with Gasteiger partial charge in [-0.2, -0.15) is 0 Å². The first-order chi connectivity index (χ1) is 29.1. The largest absolute Gasteiger partial charge is 0.379 e. The second kappa shape index (κ2) is 19.2. The molecule has 344 valence electrons. The highest BCUT2D eigenvalue weighted by Gasteiger charge is 2.60. The van der Waals surface area contributed by atoms with E-state index in [0.717, 1.165) is 82.0 Å². The van der Waals surface area contributed by atoms with Crippen molar-refractivity contribution in [3.63, 3.8) is 0 Å². The normalized spacial score (nSPS) is 38.7. The van der Waals surface area contributed by atoms with Crippen LogP contribution >= 0.6 is 0 Å². The van der Waals surface area contributed by atoms with E-state index in [-0.39, 0.29) is 44.2 Å². The van der Waals surface area contributed by atoms with Crippen molar-refractivity contribution in [3.8, 4) is 0 Å². The number of hydrogen-bond acceptors (Lipinski definition) is 4. The van der Waals surface area contributed by atoms with Gasteiger partial charge in [-0.15, -0.1) is 0 Å². The van der Waals surface area contributed by atoms with E-state index in [1.54, 1.807) is 5.57 Å². The Labute approximate surface area is 382 Å². The first-order valence-corrected chi connectivity index (χ1v) is 25.5. The van der Waals surface area contributed by atoms with Crippen LogP contribution in [0.2, 0.25) is 0 Å². The van der Waals surface area contributed by atoms with Gasteiger partial charge in [-0.1, -0.05) is 133 Å². The summed E-state index contributed by atoms with van der Waals surface area (Å²) in [6, 6.07) is 9.21. The van der Waals surface area contributed by atoms with Gasteiger partial charge in [-0.25, -0.2) is 0 Å². The number of rotatable bonds is 7. The lowest BCUT2D eigenvalue weighted by atomic mass is 9.45. The van der Waals surface area contributed by atoms with Crippen molar-refractivity contribution in [2.24, 2.45) is 53.9 Å². The highest BCUT2D eigenvalue weighted by molar-refractivity contribution is 5.99. The molecule has 0 fully saturated rings. The van der Waals surface area contributed by atoms with Gasteiger partial charge in [0.25, 0.3) is 0 Å². The smallest absolute Gasteiger partial charge is 0.0686 e. The zero-order chi connectivity index (χ0) is 45.9. The fourth-order valence-electron chi connectivity index (χ4n) is 13.7. The van der Waals surface area contributed by atoms with Crippen molar-refractivity contribution < 1.29 is 0 Å².